The van der Waals surface area contributed by atoms with Gasteiger partial charge in [-0.05, 0) is 37.7 Å². The van der Waals surface area contributed by atoms with Crippen LogP contribution in [0.3, 0.4) is 0 Å². The van der Waals surface area contributed by atoms with E-state index in [0.29, 0.717) is 0 Å². The highest BCUT2D eigenvalue weighted by Crippen LogP contribution is 2.25. The predicted molar refractivity (Wildman–Crippen MR) is 77.9 cm³/mol. The fourth-order valence-electron chi connectivity index (χ4n) is 2.19. The molecule has 1 aromatic heterocycles. The fourth-order valence-corrected chi connectivity index (χ4v) is 2.40. The van der Waals surface area contributed by atoms with Crippen molar-refractivity contribution in [2.24, 2.45) is 5.92 Å². The van der Waals surface area contributed by atoms with Gasteiger partial charge in [0.2, 0.25) is 0 Å². The first-order valence-electron chi connectivity index (χ1n) is 6.22. The Morgan fingerprint density at radius 1 is 1.42 bits per heavy atom. The summed E-state index contributed by atoms with van der Waals surface area (Å²) in [6.07, 6.45) is 1.78. The highest BCUT2D eigenvalue weighted by molar-refractivity contribution is 6.35. The summed E-state index contributed by atoms with van der Waals surface area (Å²) in [6.45, 7) is 3.43. The van der Waals surface area contributed by atoms with E-state index in [2.05, 4.69) is 16.0 Å². The largest absolute Gasteiger partial charge is 0.301 e. The number of nitrogens with zero attached hydrogens (tertiary/aromatic N) is 3. The molecule has 2 rings (SSSR count). The molecule has 0 radical (unpaired) electrons. The molecule has 0 spiro atoms. The SMILES string of the molecule is C[C@H](C#N)CN(C)Cc1ccc(Cl)c2cccnc12. The lowest BCUT2D eigenvalue weighted by molar-refractivity contribution is 0.304. The Labute approximate surface area is 118 Å². The van der Waals surface area contributed by atoms with Crippen LogP contribution in [0.1, 0.15) is 12.5 Å². The van der Waals surface area contributed by atoms with E-state index in [-0.39, 0.29) is 5.92 Å². The summed E-state index contributed by atoms with van der Waals surface area (Å²) in [7, 11) is 2.01. The molecular weight excluding hydrogens is 258 g/mol. The van der Waals surface area contributed by atoms with E-state index in [4.69, 9.17) is 16.9 Å². The minimum absolute atomic E-state index is 0.0246. The molecule has 0 aliphatic carbocycles. The highest BCUT2D eigenvalue weighted by atomic mass is 35.5. The number of halogens is 1. The maximum Gasteiger partial charge on any atom is 0.0761 e. The second kappa shape index (κ2) is 6.01. The third kappa shape index (κ3) is 3.23. The zero-order chi connectivity index (χ0) is 13.8. The van der Waals surface area contributed by atoms with Crippen LogP contribution in [0, 0.1) is 17.2 Å². The summed E-state index contributed by atoms with van der Waals surface area (Å²) in [5.74, 6) is 0.0246. The van der Waals surface area contributed by atoms with Crippen LogP contribution < -0.4 is 0 Å². The van der Waals surface area contributed by atoms with E-state index < -0.39 is 0 Å². The molecule has 2 aromatic rings. The van der Waals surface area contributed by atoms with Crippen LogP contribution in [0.15, 0.2) is 30.5 Å². The first kappa shape index (κ1) is 13.8. The van der Waals surface area contributed by atoms with Crippen molar-refractivity contribution in [1.82, 2.24) is 9.88 Å². The molecule has 98 valence electrons. The summed E-state index contributed by atoms with van der Waals surface area (Å²) in [6, 6.07) is 10.0. The van der Waals surface area contributed by atoms with Crippen LogP contribution in [-0.2, 0) is 6.54 Å². The average Bonchev–Trinajstić information content (AvgIpc) is 2.42. The standard InChI is InChI=1S/C15H16ClN3/c1-11(8-17)9-19(2)10-12-5-6-14(16)13-4-3-7-18-15(12)13/h3-7,11H,9-10H2,1-2H3/t11-/m1/s1. The molecule has 0 saturated heterocycles. The quantitative estimate of drug-likeness (QED) is 0.856. The average molecular weight is 274 g/mol. The number of aromatic nitrogens is 1. The lowest BCUT2D eigenvalue weighted by atomic mass is 10.1. The van der Waals surface area contributed by atoms with Gasteiger partial charge in [-0.25, -0.2) is 0 Å². The van der Waals surface area contributed by atoms with Gasteiger partial charge in [0, 0.05) is 29.7 Å². The normalized spacial score (nSPS) is 12.6. The Balaban J connectivity index is 2.27. The van der Waals surface area contributed by atoms with Gasteiger partial charge >= 0.3 is 0 Å². The van der Waals surface area contributed by atoms with E-state index in [9.17, 15) is 0 Å². The monoisotopic (exact) mass is 273 g/mol. The van der Waals surface area contributed by atoms with Gasteiger partial charge in [0.25, 0.3) is 0 Å². The van der Waals surface area contributed by atoms with Crippen molar-refractivity contribution in [2.45, 2.75) is 13.5 Å². The van der Waals surface area contributed by atoms with Crippen molar-refractivity contribution in [3.05, 3.63) is 41.0 Å². The Bertz CT molecular complexity index is 618. The molecule has 0 bridgehead atoms. The second-order valence-electron chi connectivity index (χ2n) is 4.83. The molecule has 0 unspecified atom stereocenters. The van der Waals surface area contributed by atoms with Crippen molar-refractivity contribution in [2.75, 3.05) is 13.6 Å². The lowest BCUT2D eigenvalue weighted by Crippen LogP contribution is -2.23. The second-order valence-corrected chi connectivity index (χ2v) is 5.24. The predicted octanol–water partition coefficient (Wildman–Crippen LogP) is 3.48. The number of nitriles is 1. The zero-order valence-electron chi connectivity index (χ0n) is 11.1. The van der Waals surface area contributed by atoms with Crippen molar-refractivity contribution < 1.29 is 0 Å². The Morgan fingerprint density at radius 2 is 2.21 bits per heavy atom. The van der Waals surface area contributed by atoms with Crippen molar-refractivity contribution >= 4 is 22.5 Å². The van der Waals surface area contributed by atoms with Gasteiger partial charge in [0.05, 0.1) is 17.5 Å². The fraction of sp³-hybridized carbons (Fsp3) is 0.333. The maximum absolute atomic E-state index is 8.85. The van der Waals surface area contributed by atoms with E-state index in [1.165, 1.54) is 0 Å². The minimum atomic E-state index is 0.0246. The number of pyridine rings is 1. The number of benzene rings is 1. The molecule has 0 aliphatic rings. The lowest BCUT2D eigenvalue weighted by Gasteiger charge is -2.18. The van der Waals surface area contributed by atoms with Crippen LogP contribution in [-0.4, -0.2) is 23.5 Å². The molecule has 0 amide bonds. The van der Waals surface area contributed by atoms with E-state index in [1.807, 2.05) is 38.2 Å². The Hall–Kier alpha value is -1.63. The topological polar surface area (TPSA) is 39.9 Å². The van der Waals surface area contributed by atoms with Gasteiger partial charge in [-0.15, -0.1) is 0 Å². The van der Waals surface area contributed by atoms with E-state index >= 15 is 0 Å². The molecule has 1 aromatic carbocycles. The number of hydrogen-bond acceptors (Lipinski definition) is 3. The minimum Gasteiger partial charge on any atom is -0.301 e. The van der Waals surface area contributed by atoms with Crippen LogP contribution in [0.25, 0.3) is 10.9 Å². The van der Waals surface area contributed by atoms with Crippen molar-refractivity contribution in [3.8, 4) is 6.07 Å². The highest BCUT2D eigenvalue weighted by Gasteiger charge is 2.10. The number of fused-ring (bicyclic) bond motifs is 1. The summed E-state index contributed by atoms with van der Waals surface area (Å²) >= 11 is 6.18. The van der Waals surface area contributed by atoms with E-state index in [1.54, 1.807) is 6.20 Å². The summed E-state index contributed by atoms with van der Waals surface area (Å²) in [5, 5.41) is 10.5. The molecule has 0 aliphatic heterocycles. The first-order chi connectivity index (χ1) is 9.11. The van der Waals surface area contributed by atoms with Gasteiger partial charge in [0.15, 0.2) is 0 Å². The smallest absolute Gasteiger partial charge is 0.0761 e. The molecule has 1 atom stereocenters. The molecule has 0 saturated carbocycles. The molecular formula is C15H16ClN3. The van der Waals surface area contributed by atoms with Gasteiger partial charge in [-0.2, -0.15) is 5.26 Å². The maximum atomic E-state index is 8.85. The molecule has 3 nitrogen and oxygen atoms in total. The number of hydrogen-bond donors (Lipinski definition) is 0. The zero-order valence-corrected chi connectivity index (χ0v) is 11.9. The Kier molecular flexibility index (Phi) is 4.36. The van der Waals surface area contributed by atoms with Gasteiger partial charge < -0.3 is 4.90 Å². The number of rotatable bonds is 4. The van der Waals surface area contributed by atoms with Gasteiger partial charge in [0.1, 0.15) is 0 Å². The van der Waals surface area contributed by atoms with Crippen LogP contribution in [0.4, 0.5) is 0 Å². The van der Waals surface area contributed by atoms with Crippen LogP contribution >= 0.6 is 11.6 Å². The Morgan fingerprint density at radius 3 is 2.95 bits per heavy atom. The van der Waals surface area contributed by atoms with Gasteiger partial charge in [-0.1, -0.05) is 17.7 Å². The third-order valence-electron chi connectivity index (χ3n) is 3.05. The van der Waals surface area contributed by atoms with E-state index in [0.717, 1.165) is 34.6 Å². The molecule has 0 N–H and O–H groups in total. The summed E-state index contributed by atoms with van der Waals surface area (Å²) < 4.78 is 0. The van der Waals surface area contributed by atoms with Gasteiger partial charge in [-0.3, -0.25) is 4.98 Å². The van der Waals surface area contributed by atoms with Crippen molar-refractivity contribution in [3.63, 3.8) is 0 Å². The summed E-state index contributed by atoms with van der Waals surface area (Å²) in [5.41, 5.74) is 2.07. The first-order valence-corrected chi connectivity index (χ1v) is 6.60. The molecule has 4 heteroatoms. The molecule has 0 fully saturated rings. The summed E-state index contributed by atoms with van der Waals surface area (Å²) in [4.78, 5) is 6.55. The van der Waals surface area contributed by atoms with Crippen LogP contribution in [0.2, 0.25) is 5.02 Å². The van der Waals surface area contributed by atoms with Crippen LogP contribution in [0.5, 0.6) is 0 Å². The molecule has 19 heavy (non-hydrogen) atoms. The van der Waals surface area contributed by atoms with Crippen molar-refractivity contribution in [1.29, 1.82) is 5.26 Å². The molecule has 1 heterocycles. The third-order valence-corrected chi connectivity index (χ3v) is 3.38.